The van der Waals surface area contributed by atoms with Crippen molar-refractivity contribution in [3.05, 3.63) is 17.5 Å². The van der Waals surface area contributed by atoms with Gasteiger partial charge in [0.25, 0.3) is 0 Å². The normalized spacial score (nSPS) is 11.4. The molecular weight excluding hydrogens is 244 g/mol. The smallest absolute Gasteiger partial charge is 0.0740 e. The zero-order valence-electron chi connectivity index (χ0n) is 11.8. The largest absolute Gasteiger partial charge is 0.393 e. The Hall–Kier alpha value is -0.940. The second-order valence-electron chi connectivity index (χ2n) is 4.87. The van der Waals surface area contributed by atoms with Crippen molar-refractivity contribution in [3.63, 3.8) is 0 Å². The standard InChI is InChI=1S/C13H24N4S/c1-5-17-12(8-11(4)15-17)9-16(10(2)3)7-6-13(14)18/h8,10H,5-7,9H2,1-4H3,(H2,14,18). The van der Waals surface area contributed by atoms with Gasteiger partial charge in [-0.15, -0.1) is 0 Å². The van der Waals surface area contributed by atoms with Gasteiger partial charge in [-0.05, 0) is 33.8 Å². The van der Waals surface area contributed by atoms with E-state index in [9.17, 15) is 0 Å². The molecule has 1 aromatic rings. The van der Waals surface area contributed by atoms with Crippen LogP contribution in [0.4, 0.5) is 0 Å². The van der Waals surface area contributed by atoms with Crippen molar-refractivity contribution in [2.75, 3.05) is 6.54 Å². The zero-order valence-corrected chi connectivity index (χ0v) is 12.6. The van der Waals surface area contributed by atoms with Gasteiger partial charge in [0, 0.05) is 32.1 Å². The molecule has 18 heavy (non-hydrogen) atoms. The number of aromatic nitrogens is 2. The lowest BCUT2D eigenvalue weighted by Crippen LogP contribution is -2.34. The first kappa shape index (κ1) is 15.1. The maximum atomic E-state index is 5.58. The molecule has 0 fully saturated rings. The number of nitrogens with two attached hydrogens (primary N) is 1. The highest BCUT2D eigenvalue weighted by atomic mass is 32.1. The summed E-state index contributed by atoms with van der Waals surface area (Å²) in [4.78, 5) is 2.96. The average molecular weight is 268 g/mol. The molecule has 2 N–H and O–H groups in total. The van der Waals surface area contributed by atoms with Crippen LogP contribution in [0.15, 0.2) is 6.07 Å². The molecule has 1 aromatic heterocycles. The van der Waals surface area contributed by atoms with E-state index in [0.717, 1.165) is 31.7 Å². The van der Waals surface area contributed by atoms with E-state index in [2.05, 4.69) is 41.5 Å². The fourth-order valence-corrected chi connectivity index (χ4v) is 2.07. The van der Waals surface area contributed by atoms with Crippen LogP contribution in [0.3, 0.4) is 0 Å². The summed E-state index contributed by atoms with van der Waals surface area (Å²) >= 11 is 4.95. The quantitative estimate of drug-likeness (QED) is 0.769. The van der Waals surface area contributed by atoms with E-state index in [1.807, 2.05) is 6.92 Å². The molecule has 0 aliphatic carbocycles. The Kier molecular flexibility index (Phi) is 5.75. The molecule has 0 unspecified atom stereocenters. The molecule has 0 atom stereocenters. The van der Waals surface area contributed by atoms with Crippen molar-refractivity contribution in [1.29, 1.82) is 0 Å². The topological polar surface area (TPSA) is 47.1 Å². The Bertz CT molecular complexity index is 398. The molecule has 0 radical (unpaired) electrons. The van der Waals surface area contributed by atoms with Crippen molar-refractivity contribution in [2.45, 2.75) is 53.2 Å². The summed E-state index contributed by atoms with van der Waals surface area (Å²) in [5.41, 5.74) is 7.91. The number of thiocarbonyl (C=S) groups is 1. The summed E-state index contributed by atoms with van der Waals surface area (Å²) in [6, 6.07) is 2.62. The zero-order chi connectivity index (χ0) is 13.7. The van der Waals surface area contributed by atoms with Crippen LogP contribution >= 0.6 is 12.2 Å². The molecule has 5 heteroatoms. The van der Waals surface area contributed by atoms with Crippen LogP contribution in [-0.4, -0.2) is 32.3 Å². The Balaban J connectivity index is 2.73. The van der Waals surface area contributed by atoms with Crippen LogP contribution in [0.25, 0.3) is 0 Å². The molecule has 0 saturated carbocycles. The van der Waals surface area contributed by atoms with Gasteiger partial charge < -0.3 is 5.73 Å². The number of aryl methyl sites for hydroxylation is 2. The predicted octanol–water partition coefficient (Wildman–Crippen LogP) is 2.10. The molecule has 0 bridgehead atoms. The summed E-state index contributed by atoms with van der Waals surface area (Å²) in [5.74, 6) is 0. The van der Waals surface area contributed by atoms with Gasteiger partial charge in [-0.1, -0.05) is 12.2 Å². The SMILES string of the molecule is CCn1nc(C)cc1CN(CCC(N)=S)C(C)C. The van der Waals surface area contributed by atoms with E-state index < -0.39 is 0 Å². The fourth-order valence-electron chi connectivity index (χ4n) is 1.98. The third-order valence-electron chi connectivity index (χ3n) is 3.03. The minimum atomic E-state index is 0.472. The van der Waals surface area contributed by atoms with Crippen molar-refractivity contribution < 1.29 is 0 Å². The van der Waals surface area contributed by atoms with Crippen LogP contribution in [0.2, 0.25) is 0 Å². The maximum Gasteiger partial charge on any atom is 0.0740 e. The van der Waals surface area contributed by atoms with Gasteiger partial charge in [-0.25, -0.2) is 0 Å². The summed E-state index contributed by atoms with van der Waals surface area (Å²) in [5, 5.41) is 4.48. The second-order valence-corrected chi connectivity index (χ2v) is 5.40. The Morgan fingerprint density at radius 3 is 2.72 bits per heavy atom. The number of rotatable bonds is 7. The van der Waals surface area contributed by atoms with Gasteiger partial charge in [0.1, 0.15) is 0 Å². The average Bonchev–Trinajstić information content (AvgIpc) is 2.64. The number of nitrogens with zero attached hydrogens (tertiary/aromatic N) is 3. The number of hydrogen-bond acceptors (Lipinski definition) is 3. The van der Waals surface area contributed by atoms with Gasteiger partial charge in [0.15, 0.2) is 0 Å². The van der Waals surface area contributed by atoms with E-state index >= 15 is 0 Å². The molecule has 1 rings (SSSR count). The van der Waals surface area contributed by atoms with Crippen LogP contribution < -0.4 is 5.73 Å². The van der Waals surface area contributed by atoms with Crippen LogP contribution in [-0.2, 0) is 13.1 Å². The molecule has 1 heterocycles. The van der Waals surface area contributed by atoms with Crippen LogP contribution in [0.1, 0.15) is 38.6 Å². The van der Waals surface area contributed by atoms with Crippen molar-refractivity contribution in [1.82, 2.24) is 14.7 Å². The summed E-state index contributed by atoms with van der Waals surface area (Å²) in [7, 11) is 0. The molecule has 0 saturated heterocycles. The first-order valence-electron chi connectivity index (χ1n) is 6.49. The molecule has 0 spiro atoms. The first-order chi connectivity index (χ1) is 8.43. The highest BCUT2D eigenvalue weighted by Crippen LogP contribution is 2.11. The van der Waals surface area contributed by atoms with Crippen molar-refractivity contribution in [3.8, 4) is 0 Å². The van der Waals surface area contributed by atoms with Gasteiger partial charge in [0.05, 0.1) is 16.4 Å². The maximum absolute atomic E-state index is 5.58. The van der Waals surface area contributed by atoms with E-state index in [4.69, 9.17) is 18.0 Å². The van der Waals surface area contributed by atoms with Gasteiger partial charge in [0.2, 0.25) is 0 Å². The molecular formula is C13H24N4S. The third kappa shape index (κ3) is 4.38. The first-order valence-corrected chi connectivity index (χ1v) is 6.90. The summed E-state index contributed by atoms with van der Waals surface area (Å²) < 4.78 is 2.06. The van der Waals surface area contributed by atoms with E-state index in [-0.39, 0.29) is 0 Å². The summed E-state index contributed by atoms with van der Waals surface area (Å²) in [6.07, 6.45) is 0.771. The minimum absolute atomic E-state index is 0.472. The molecule has 0 aromatic carbocycles. The molecule has 0 amide bonds. The molecule has 0 aliphatic rings. The van der Waals surface area contributed by atoms with Gasteiger partial charge >= 0.3 is 0 Å². The van der Waals surface area contributed by atoms with Crippen molar-refractivity contribution >= 4 is 17.2 Å². The lowest BCUT2D eigenvalue weighted by molar-refractivity contribution is 0.213. The predicted molar refractivity (Wildman–Crippen MR) is 79.6 cm³/mol. The molecule has 0 aliphatic heterocycles. The minimum Gasteiger partial charge on any atom is -0.393 e. The van der Waals surface area contributed by atoms with Crippen LogP contribution in [0, 0.1) is 6.92 Å². The lowest BCUT2D eigenvalue weighted by Gasteiger charge is -2.26. The van der Waals surface area contributed by atoms with E-state index in [1.165, 1.54) is 5.69 Å². The Labute approximate surface area is 115 Å². The van der Waals surface area contributed by atoms with Gasteiger partial charge in [-0.3, -0.25) is 9.58 Å². The Morgan fingerprint density at radius 1 is 1.56 bits per heavy atom. The Morgan fingerprint density at radius 2 is 2.22 bits per heavy atom. The highest BCUT2D eigenvalue weighted by molar-refractivity contribution is 7.80. The lowest BCUT2D eigenvalue weighted by atomic mass is 10.2. The van der Waals surface area contributed by atoms with Gasteiger partial charge in [-0.2, -0.15) is 5.10 Å². The molecule has 102 valence electrons. The van der Waals surface area contributed by atoms with Crippen molar-refractivity contribution in [2.24, 2.45) is 5.73 Å². The molecule has 4 nitrogen and oxygen atoms in total. The fraction of sp³-hybridized carbons (Fsp3) is 0.692. The van der Waals surface area contributed by atoms with E-state index in [0.29, 0.717) is 11.0 Å². The second kappa shape index (κ2) is 6.85. The third-order valence-corrected chi connectivity index (χ3v) is 3.23. The monoisotopic (exact) mass is 268 g/mol. The van der Waals surface area contributed by atoms with E-state index in [1.54, 1.807) is 0 Å². The number of hydrogen-bond donors (Lipinski definition) is 1. The van der Waals surface area contributed by atoms with Crippen LogP contribution in [0.5, 0.6) is 0 Å². The highest BCUT2D eigenvalue weighted by Gasteiger charge is 2.13. The summed E-state index contributed by atoms with van der Waals surface area (Å²) in [6.45, 7) is 11.2.